The van der Waals surface area contributed by atoms with Crippen molar-refractivity contribution in [1.29, 1.82) is 0 Å². The zero-order valence-electron chi connectivity index (χ0n) is 13.7. The lowest BCUT2D eigenvalue weighted by molar-refractivity contribution is -0.729. The second-order valence-electron chi connectivity index (χ2n) is 5.70. The summed E-state index contributed by atoms with van der Waals surface area (Å²) in [5.41, 5.74) is 0.306. The predicted molar refractivity (Wildman–Crippen MR) is 97.5 cm³/mol. The van der Waals surface area contributed by atoms with Crippen LogP contribution in [0.4, 0.5) is 11.4 Å². The van der Waals surface area contributed by atoms with Gasteiger partial charge in [-0.2, -0.15) is 0 Å². The summed E-state index contributed by atoms with van der Waals surface area (Å²) < 4.78 is 11.6. The van der Waals surface area contributed by atoms with E-state index in [9.17, 15) is 14.9 Å². The number of ether oxygens (including phenoxy) is 2. The third-order valence-electron chi connectivity index (χ3n) is 3.88. The first-order valence-corrected chi connectivity index (χ1v) is 8.25. The Morgan fingerprint density at radius 2 is 1.81 bits per heavy atom. The van der Waals surface area contributed by atoms with Crippen LogP contribution in [-0.4, -0.2) is 16.0 Å². The highest BCUT2D eigenvalue weighted by Crippen LogP contribution is 2.43. The van der Waals surface area contributed by atoms with Gasteiger partial charge in [0.05, 0.1) is 22.7 Å². The fourth-order valence-corrected chi connectivity index (χ4v) is 2.85. The van der Waals surface area contributed by atoms with Gasteiger partial charge in [-0.1, -0.05) is 29.8 Å². The number of anilines is 1. The van der Waals surface area contributed by atoms with E-state index in [2.05, 4.69) is 5.32 Å². The average molecular weight is 384 g/mol. The van der Waals surface area contributed by atoms with Crippen LogP contribution >= 0.6 is 11.6 Å². The maximum atomic E-state index is 12.8. The molecule has 3 aromatic rings. The molecule has 1 heterocycles. The molecular formula is C19H12ClN2O5+. The second-order valence-corrected chi connectivity index (χ2v) is 6.14. The van der Waals surface area contributed by atoms with Crippen LogP contribution in [0.5, 0.6) is 23.0 Å². The number of carbonyl (C=O) groups is 1. The molecule has 0 bridgehead atoms. The number of hydrogen-bond donors (Lipinski definition) is 2. The quantitative estimate of drug-likeness (QED) is 0.600. The van der Waals surface area contributed by atoms with Crippen LogP contribution in [0.1, 0.15) is 10.4 Å². The number of para-hydroxylation sites is 1. The maximum Gasteiger partial charge on any atom is 0.324 e. The molecule has 2 N–H and O–H groups in total. The van der Waals surface area contributed by atoms with E-state index in [4.69, 9.17) is 21.1 Å². The molecule has 0 aromatic heterocycles. The zero-order valence-corrected chi connectivity index (χ0v) is 14.4. The summed E-state index contributed by atoms with van der Waals surface area (Å²) in [6.45, 7) is 0. The topological polar surface area (TPSA) is 87.9 Å². The molecule has 0 saturated carbocycles. The number of rotatable bonds is 3. The zero-order chi connectivity index (χ0) is 19.0. The molecule has 7 nitrogen and oxygen atoms in total. The van der Waals surface area contributed by atoms with Crippen LogP contribution in [0.15, 0.2) is 60.7 Å². The predicted octanol–water partition coefficient (Wildman–Crippen LogP) is 5.29. The molecule has 0 unspecified atom stereocenters. The van der Waals surface area contributed by atoms with Crippen molar-refractivity contribution >= 4 is 28.9 Å². The van der Waals surface area contributed by atoms with Gasteiger partial charge in [0.2, 0.25) is 0 Å². The first-order chi connectivity index (χ1) is 13.0. The molecule has 4 rings (SSSR count). The Balaban J connectivity index is 1.87. The van der Waals surface area contributed by atoms with Gasteiger partial charge in [-0.25, -0.2) is 5.21 Å². The Morgan fingerprint density at radius 1 is 1.04 bits per heavy atom. The van der Waals surface area contributed by atoms with E-state index in [-0.39, 0.29) is 27.7 Å². The Kier molecular flexibility index (Phi) is 4.13. The molecule has 134 valence electrons. The summed E-state index contributed by atoms with van der Waals surface area (Å²) in [5, 5.41) is 12.5. The van der Waals surface area contributed by atoms with E-state index >= 15 is 0 Å². The highest BCUT2D eigenvalue weighted by molar-refractivity contribution is 6.31. The molecule has 3 aromatic carbocycles. The summed E-state index contributed by atoms with van der Waals surface area (Å²) in [6.07, 6.45) is 0. The largest absolute Gasteiger partial charge is 0.456 e. The normalized spacial score (nSPS) is 12.1. The van der Waals surface area contributed by atoms with Crippen LogP contribution in [0.2, 0.25) is 5.02 Å². The smallest absolute Gasteiger partial charge is 0.324 e. The summed E-state index contributed by atoms with van der Waals surface area (Å²) in [5.74, 6) is 0.403. The van der Waals surface area contributed by atoms with Gasteiger partial charge in [0.15, 0.2) is 17.2 Å². The van der Waals surface area contributed by atoms with Crippen LogP contribution in [0.25, 0.3) is 0 Å². The van der Waals surface area contributed by atoms with Gasteiger partial charge in [-0.05, 0) is 30.3 Å². The number of carbonyl (C=O) groups excluding carboxylic acids is 1. The van der Waals surface area contributed by atoms with Crippen LogP contribution in [0.3, 0.4) is 0 Å². The van der Waals surface area contributed by atoms with Gasteiger partial charge in [0, 0.05) is 5.02 Å². The average Bonchev–Trinajstić information content (AvgIpc) is 2.77. The van der Waals surface area contributed by atoms with E-state index in [0.717, 1.165) is 0 Å². The fourth-order valence-electron chi connectivity index (χ4n) is 2.68. The first kappa shape index (κ1) is 16.9. The second kappa shape index (κ2) is 6.62. The van der Waals surface area contributed by atoms with Crippen LogP contribution in [0, 0.1) is 4.91 Å². The van der Waals surface area contributed by atoms with Crippen molar-refractivity contribution in [2.45, 2.75) is 0 Å². The number of halogens is 1. The van der Waals surface area contributed by atoms with Crippen molar-refractivity contribution in [3.8, 4) is 23.0 Å². The number of amides is 1. The lowest BCUT2D eigenvalue weighted by atomic mass is 10.1. The van der Waals surface area contributed by atoms with Crippen LogP contribution in [-0.2, 0) is 0 Å². The monoisotopic (exact) mass is 383 g/mol. The van der Waals surface area contributed by atoms with Gasteiger partial charge >= 0.3 is 5.69 Å². The molecule has 0 aliphatic carbocycles. The number of fused-ring (bicyclic) bond motifs is 2. The number of nitrogens with zero attached hydrogens (tertiary/aromatic N) is 1. The molecule has 8 heteroatoms. The molecule has 0 radical (unpaired) electrons. The first-order valence-electron chi connectivity index (χ1n) is 7.87. The molecule has 0 spiro atoms. The van der Waals surface area contributed by atoms with Crippen molar-refractivity contribution in [3.05, 3.63) is 76.2 Å². The van der Waals surface area contributed by atoms with Gasteiger partial charge in [-0.3, -0.25) is 4.79 Å². The van der Waals surface area contributed by atoms with E-state index in [1.165, 1.54) is 12.1 Å². The summed E-state index contributed by atoms with van der Waals surface area (Å²) >= 11 is 5.98. The molecule has 1 amide bonds. The minimum Gasteiger partial charge on any atom is -0.456 e. The third kappa shape index (κ3) is 3.28. The molecule has 0 atom stereocenters. The van der Waals surface area contributed by atoms with Crippen molar-refractivity contribution in [2.24, 2.45) is 0 Å². The summed E-state index contributed by atoms with van der Waals surface area (Å²) in [7, 11) is 0. The Hall–Kier alpha value is -3.58. The highest BCUT2D eigenvalue weighted by Gasteiger charge is 2.30. The molecule has 1 aliphatic rings. The molecule has 0 saturated heterocycles. The highest BCUT2D eigenvalue weighted by atomic mass is 35.5. The summed E-state index contributed by atoms with van der Waals surface area (Å²) in [4.78, 5) is 23.9. The fraction of sp³-hybridized carbons (Fsp3) is 0. The van der Waals surface area contributed by atoms with Crippen molar-refractivity contribution in [2.75, 3.05) is 5.32 Å². The van der Waals surface area contributed by atoms with E-state index in [1.807, 2.05) is 6.07 Å². The third-order valence-corrected chi connectivity index (χ3v) is 4.11. The molecule has 1 aliphatic heterocycles. The van der Waals surface area contributed by atoms with Gasteiger partial charge in [0.25, 0.3) is 10.8 Å². The van der Waals surface area contributed by atoms with E-state index in [0.29, 0.717) is 22.2 Å². The van der Waals surface area contributed by atoms with Crippen molar-refractivity contribution in [1.82, 2.24) is 0 Å². The number of nitrogens with one attached hydrogen (secondary N) is 1. The van der Waals surface area contributed by atoms with E-state index < -0.39 is 5.91 Å². The molecule has 27 heavy (non-hydrogen) atoms. The SMILES string of the molecule is O=C1Nc2cc(Cl)ccc2Oc2cc([N+](=O)O)cc(Oc3ccccc3)c21. The number of hydrogen-bond acceptors (Lipinski definition) is 4. The summed E-state index contributed by atoms with van der Waals surface area (Å²) in [6, 6.07) is 16.0. The van der Waals surface area contributed by atoms with E-state index in [1.54, 1.807) is 42.5 Å². The Bertz CT molecular complexity index is 1070. The minimum atomic E-state index is -0.501. The van der Waals surface area contributed by atoms with Crippen LogP contribution < -0.4 is 14.8 Å². The van der Waals surface area contributed by atoms with Crippen molar-refractivity contribution < 1.29 is 24.4 Å². The van der Waals surface area contributed by atoms with Gasteiger partial charge < -0.3 is 14.8 Å². The van der Waals surface area contributed by atoms with Gasteiger partial charge in [0.1, 0.15) is 11.3 Å². The lowest BCUT2D eigenvalue weighted by Crippen LogP contribution is -2.12. The minimum absolute atomic E-state index is 0.0556. The van der Waals surface area contributed by atoms with Crippen molar-refractivity contribution in [3.63, 3.8) is 0 Å². The Morgan fingerprint density at radius 3 is 2.56 bits per heavy atom. The number of benzene rings is 3. The maximum absolute atomic E-state index is 12.8. The lowest BCUT2D eigenvalue weighted by Gasteiger charge is -2.12. The standard InChI is InChI=1S/C19H11ClN2O5/c20-11-6-7-15-14(8-11)21-19(23)18-16(26-13-4-2-1-3-5-13)9-12(22(24)25)10-17(18)27-15/h1-10H,(H-,21,23,24,25)/p+1. The molecular weight excluding hydrogens is 372 g/mol. The van der Waals surface area contributed by atoms with Gasteiger partial charge in [-0.15, -0.1) is 0 Å². The Labute approximate surface area is 158 Å². The molecule has 0 fully saturated rings.